The van der Waals surface area contributed by atoms with Gasteiger partial charge in [-0.3, -0.25) is 4.68 Å². The van der Waals surface area contributed by atoms with Gasteiger partial charge in [0.05, 0.1) is 24.9 Å². The zero-order chi connectivity index (χ0) is 20.0. The quantitative estimate of drug-likeness (QED) is 0.654. The van der Waals surface area contributed by atoms with E-state index < -0.39 is 0 Å². The highest BCUT2D eigenvalue weighted by Crippen LogP contribution is 2.37. The predicted octanol–water partition coefficient (Wildman–Crippen LogP) is 3.30. The van der Waals surface area contributed by atoms with Crippen LogP contribution in [0.25, 0.3) is 22.3 Å². The number of piperidine rings is 1. The minimum atomic E-state index is -0.0964. The molecule has 0 aliphatic carbocycles. The van der Waals surface area contributed by atoms with Gasteiger partial charge in [0.25, 0.3) is 0 Å². The molecule has 8 heteroatoms. The molecule has 2 saturated heterocycles. The van der Waals surface area contributed by atoms with Crippen LogP contribution in [0.3, 0.4) is 0 Å². The Morgan fingerprint density at radius 2 is 2.00 bits per heavy atom. The lowest BCUT2D eigenvalue weighted by molar-refractivity contribution is -0.226. The maximum atomic E-state index is 5.77. The summed E-state index contributed by atoms with van der Waals surface area (Å²) in [4.78, 5) is 6.85. The molecule has 0 radical (unpaired) electrons. The lowest BCUT2D eigenvalue weighted by Crippen LogP contribution is -2.59. The van der Waals surface area contributed by atoms with E-state index >= 15 is 0 Å². The van der Waals surface area contributed by atoms with E-state index in [2.05, 4.69) is 46.1 Å². The highest BCUT2D eigenvalue weighted by molar-refractivity contribution is 5.83. The van der Waals surface area contributed by atoms with Gasteiger partial charge in [0.15, 0.2) is 0 Å². The minimum absolute atomic E-state index is 0.0964. The molecule has 154 valence electrons. The van der Waals surface area contributed by atoms with Gasteiger partial charge in [0, 0.05) is 37.2 Å². The average Bonchev–Trinajstić information content (AvgIpc) is 3.35. The van der Waals surface area contributed by atoms with Crippen molar-refractivity contribution in [3.8, 4) is 11.4 Å². The first-order valence-electron chi connectivity index (χ1n) is 10.3. The molecule has 0 amide bonds. The Hall–Kier alpha value is -2.45. The number of fused-ring (bicyclic) bond motifs is 1. The molecule has 4 heterocycles. The van der Waals surface area contributed by atoms with Crippen molar-refractivity contribution in [2.24, 2.45) is 5.92 Å². The van der Waals surface area contributed by atoms with Crippen molar-refractivity contribution in [3.63, 3.8) is 0 Å². The van der Waals surface area contributed by atoms with Gasteiger partial charge in [0.1, 0.15) is 5.60 Å². The molecule has 0 atom stereocenters. The van der Waals surface area contributed by atoms with Crippen molar-refractivity contribution in [1.82, 2.24) is 19.9 Å². The summed E-state index contributed by atoms with van der Waals surface area (Å²) in [6, 6.07) is 7.05. The second kappa shape index (κ2) is 7.11. The summed E-state index contributed by atoms with van der Waals surface area (Å²) in [7, 11) is 1.79. The van der Waals surface area contributed by atoms with Crippen LogP contribution in [0.15, 0.2) is 28.9 Å². The third-order valence-electron chi connectivity index (χ3n) is 6.37. The van der Waals surface area contributed by atoms with Crippen LogP contribution in [0.4, 0.5) is 6.01 Å². The van der Waals surface area contributed by atoms with Gasteiger partial charge >= 0.3 is 6.01 Å². The van der Waals surface area contributed by atoms with Crippen molar-refractivity contribution in [2.75, 3.05) is 38.3 Å². The number of hydrogen-bond donors (Lipinski definition) is 0. The van der Waals surface area contributed by atoms with E-state index in [1.165, 1.54) is 0 Å². The van der Waals surface area contributed by atoms with Crippen LogP contribution < -0.4 is 4.90 Å². The Labute approximate surface area is 169 Å². The Balaban J connectivity index is 1.32. The summed E-state index contributed by atoms with van der Waals surface area (Å²) in [6.07, 6.45) is 3.97. The summed E-state index contributed by atoms with van der Waals surface area (Å²) in [5.41, 5.74) is 1.92. The first kappa shape index (κ1) is 18.6. The Kier molecular flexibility index (Phi) is 4.55. The molecule has 0 unspecified atom stereocenters. The molecule has 0 spiro atoms. The molecule has 2 aliphatic heterocycles. The Bertz CT molecular complexity index is 993. The molecule has 3 aromatic rings. The summed E-state index contributed by atoms with van der Waals surface area (Å²) < 4.78 is 18.8. The maximum absolute atomic E-state index is 5.77. The Morgan fingerprint density at radius 1 is 1.21 bits per heavy atom. The standard InChI is InChI=1S/C21H27N5O3/c1-14(2)26-18-10-15(4-5-16(18)11-22-26)19-23-20(29-24-19)25-8-6-17(7-9-25)21(27-3)12-28-13-21/h4-5,10-11,14,17H,6-9,12-13H2,1-3H3. The lowest BCUT2D eigenvalue weighted by atomic mass is 9.79. The van der Waals surface area contributed by atoms with Gasteiger partial charge in [0.2, 0.25) is 5.82 Å². The van der Waals surface area contributed by atoms with E-state index in [0.29, 0.717) is 37.0 Å². The van der Waals surface area contributed by atoms with Gasteiger partial charge in [-0.15, -0.1) is 0 Å². The molecule has 29 heavy (non-hydrogen) atoms. The molecule has 8 nitrogen and oxygen atoms in total. The molecule has 0 N–H and O–H groups in total. The molecular weight excluding hydrogens is 370 g/mol. The van der Waals surface area contributed by atoms with E-state index in [-0.39, 0.29) is 5.60 Å². The summed E-state index contributed by atoms with van der Waals surface area (Å²) in [6.45, 7) is 7.42. The maximum Gasteiger partial charge on any atom is 0.324 e. The van der Waals surface area contributed by atoms with Gasteiger partial charge in [-0.1, -0.05) is 17.3 Å². The monoisotopic (exact) mass is 397 g/mol. The van der Waals surface area contributed by atoms with E-state index in [1.54, 1.807) is 7.11 Å². The lowest BCUT2D eigenvalue weighted by Gasteiger charge is -2.48. The number of benzene rings is 1. The normalized spacial score (nSPS) is 19.8. The van der Waals surface area contributed by atoms with Crippen LogP contribution in [-0.2, 0) is 9.47 Å². The third-order valence-corrected chi connectivity index (χ3v) is 6.37. The fraction of sp³-hybridized carbons (Fsp3) is 0.571. The highest BCUT2D eigenvalue weighted by Gasteiger charge is 2.47. The van der Waals surface area contributed by atoms with Crippen molar-refractivity contribution in [1.29, 1.82) is 0 Å². The van der Waals surface area contributed by atoms with Crippen molar-refractivity contribution >= 4 is 16.9 Å². The van der Waals surface area contributed by atoms with E-state index in [0.717, 1.165) is 42.4 Å². The number of rotatable bonds is 5. The number of methoxy groups -OCH3 is 1. The van der Waals surface area contributed by atoms with Crippen LogP contribution >= 0.6 is 0 Å². The van der Waals surface area contributed by atoms with Crippen LogP contribution in [-0.4, -0.2) is 58.9 Å². The van der Waals surface area contributed by atoms with Gasteiger partial charge in [-0.25, -0.2) is 0 Å². The highest BCUT2D eigenvalue weighted by atomic mass is 16.6. The van der Waals surface area contributed by atoms with Crippen LogP contribution in [0, 0.1) is 5.92 Å². The SMILES string of the molecule is COC1(C2CCN(c3nc(-c4ccc5cnn(C(C)C)c5c4)no3)CC2)COC1. The largest absolute Gasteiger partial charge is 0.375 e. The van der Waals surface area contributed by atoms with Crippen molar-refractivity contribution in [2.45, 2.75) is 38.3 Å². The molecule has 0 saturated carbocycles. The molecular formula is C21H27N5O3. The summed E-state index contributed by atoms with van der Waals surface area (Å²) in [5.74, 6) is 1.12. The van der Waals surface area contributed by atoms with Crippen molar-refractivity contribution < 1.29 is 14.0 Å². The smallest absolute Gasteiger partial charge is 0.324 e. The fourth-order valence-corrected chi connectivity index (χ4v) is 4.47. The molecule has 0 bridgehead atoms. The molecule has 2 aliphatic rings. The second-order valence-corrected chi connectivity index (χ2v) is 8.38. The molecule has 1 aromatic carbocycles. The number of nitrogens with zero attached hydrogens (tertiary/aromatic N) is 5. The van der Waals surface area contributed by atoms with Gasteiger partial charge in [-0.05, 0) is 38.7 Å². The summed E-state index contributed by atoms with van der Waals surface area (Å²) in [5, 5.41) is 9.83. The van der Waals surface area contributed by atoms with Crippen LogP contribution in [0.1, 0.15) is 32.7 Å². The number of anilines is 1. The fourth-order valence-electron chi connectivity index (χ4n) is 4.47. The third kappa shape index (κ3) is 3.11. The number of ether oxygens (including phenoxy) is 2. The molecule has 2 aromatic heterocycles. The minimum Gasteiger partial charge on any atom is -0.375 e. The van der Waals surface area contributed by atoms with Crippen molar-refractivity contribution in [3.05, 3.63) is 24.4 Å². The first-order valence-corrected chi connectivity index (χ1v) is 10.3. The zero-order valence-corrected chi connectivity index (χ0v) is 17.2. The first-order chi connectivity index (χ1) is 14.1. The van der Waals surface area contributed by atoms with Gasteiger partial charge in [-0.2, -0.15) is 10.1 Å². The second-order valence-electron chi connectivity index (χ2n) is 8.38. The van der Waals surface area contributed by atoms with Crippen LogP contribution in [0.5, 0.6) is 0 Å². The van der Waals surface area contributed by atoms with E-state index in [4.69, 9.17) is 14.0 Å². The average molecular weight is 397 g/mol. The van der Waals surface area contributed by atoms with E-state index in [9.17, 15) is 0 Å². The summed E-state index contributed by atoms with van der Waals surface area (Å²) >= 11 is 0. The van der Waals surface area contributed by atoms with Crippen LogP contribution in [0.2, 0.25) is 0 Å². The molecule has 2 fully saturated rings. The van der Waals surface area contributed by atoms with E-state index in [1.807, 2.05) is 16.9 Å². The number of hydrogen-bond acceptors (Lipinski definition) is 7. The topological polar surface area (TPSA) is 78.4 Å². The molecule has 5 rings (SSSR count). The number of aromatic nitrogens is 4. The van der Waals surface area contributed by atoms with Gasteiger partial charge < -0.3 is 18.9 Å². The zero-order valence-electron chi connectivity index (χ0n) is 17.2. The predicted molar refractivity (Wildman–Crippen MR) is 109 cm³/mol. The Morgan fingerprint density at radius 3 is 2.66 bits per heavy atom.